The van der Waals surface area contributed by atoms with E-state index in [-0.39, 0.29) is 11.1 Å². The van der Waals surface area contributed by atoms with Gasteiger partial charge in [-0.1, -0.05) is 30.3 Å². The molecule has 206 valence electrons. The van der Waals surface area contributed by atoms with Crippen LogP contribution in [0.25, 0.3) is 22.3 Å². The second kappa shape index (κ2) is 11.2. The molecule has 9 heteroatoms. The third-order valence-electron chi connectivity index (χ3n) is 7.84. The van der Waals surface area contributed by atoms with Gasteiger partial charge in [-0.2, -0.15) is 5.10 Å². The van der Waals surface area contributed by atoms with Gasteiger partial charge in [-0.3, -0.25) is 14.2 Å². The zero-order valence-corrected chi connectivity index (χ0v) is 22.8. The van der Waals surface area contributed by atoms with E-state index >= 15 is 0 Å². The summed E-state index contributed by atoms with van der Waals surface area (Å²) in [4.78, 5) is 34.6. The maximum Gasteiger partial charge on any atom is 0.267 e. The largest absolute Gasteiger partial charge is 0.382 e. The summed E-state index contributed by atoms with van der Waals surface area (Å²) in [6.07, 6.45) is 9.52. The van der Waals surface area contributed by atoms with Crippen molar-refractivity contribution in [1.29, 1.82) is 0 Å². The molecule has 9 nitrogen and oxygen atoms in total. The number of rotatable bonds is 6. The number of nitrogen functional groups attached to an aromatic ring is 1. The number of aromatic nitrogens is 4. The third kappa shape index (κ3) is 5.14. The van der Waals surface area contributed by atoms with Crippen LogP contribution in [-0.2, 0) is 0 Å². The number of anilines is 2. The SMILES string of the molecule is C/N=C/[C@H]1CC[C@H](c2cc(-c3ccc(NC(=O)c4cccn(-c5ccccc5)c4=O)cc3)c3c(N)ncnn32)CC1. The molecule has 0 aliphatic heterocycles. The van der Waals surface area contributed by atoms with Gasteiger partial charge in [0.15, 0.2) is 5.82 Å². The minimum atomic E-state index is -0.467. The Labute approximate surface area is 237 Å². The summed E-state index contributed by atoms with van der Waals surface area (Å²) >= 11 is 0. The molecule has 3 heterocycles. The van der Waals surface area contributed by atoms with E-state index in [4.69, 9.17) is 5.73 Å². The van der Waals surface area contributed by atoms with E-state index in [0.29, 0.717) is 29.0 Å². The number of hydrogen-bond donors (Lipinski definition) is 2. The Kier molecular flexibility index (Phi) is 7.16. The number of para-hydroxylation sites is 1. The van der Waals surface area contributed by atoms with Crippen molar-refractivity contribution >= 4 is 29.1 Å². The molecule has 3 N–H and O–H groups in total. The van der Waals surface area contributed by atoms with Gasteiger partial charge in [0.1, 0.15) is 17.4 Å². The van der Waals surface area contributed by atoms with Gasteiger partial charge in [0.2, 0.25) is 0 Å². The Bertz CT molecular complexity index is 1780. The smallest absolute Gasteiger partial charge is 0.267 e. The van der Waals surface area contributed by atoms with Crippen molar-refractivity contribution in [2.75, 3.05) is 18.1 Å². The van der Waals surface area contributed by atoms with Crippen LogP contribution in [-0.4, -0.2) is 38.3 Å². The molecule has 6 rings (SSSR count). The molecule has 0 saturated heterocycles. The van der Waals surface area contributed by atoms with E-state index in [1.165, 1.54) is 17.0 Å². The highest BCUT2D eigenvalue weighted by Crippen LogP contribution is 2.40. The molecular formula is C32H31N7O2. The summed E-state index contributed by atoms with van der Waals surface area (Å²) < 4.78 is 3.39. The van der Waals surface area contributed by atoms with Gasteiger partial charge in [-0.25, -0.2) is 9.50 Å². The Morgan fingerprint density at radius 2 is 1.78 bits per heavy atom. The average Bonchev–Trinajstić information content (AvgIpc) is 3.40. The molecule has 1 saturated carbocycles. The first-order valence-corrected chi connectivity index (χ1v) is 13.8. The van der Waals surface area contributed by atoms with Crippen LogP contribution in [0, 0.1) is 5.92 Å². The molecule has 0 spiro atoms. The monoisotopic (exact) mass is 545 g/mol. The van der Waals surface area contributed by atoms with Crippen molar-refractivity contribution in [1.82, 2.24) is 19.2 Å². The van der Waals surface area contributed by atoms with Crippen molar-refractivity contribution in [3.63, 3.8) is 0 Å². The van der Waals surface area contributed by atoms with Crippen LogP contribution in [0.1, 0.15) is 47.7 Å². The predicted octanol–water partition coefficient (Wildman–Crippen LogP) is 5.36. The highest BCUT2D eigenvalue weighted by Gasteiger charge is 2.26. The summed E-state index contributed by atoms with van der Waals surface area (Å²) in [5.41, 5.74) is 11.1. The number of carbonyl (C=O) groups is 1. The maximum absolute atomic E-state index is 13.1. The van der Waals surface area contributed by atoms with Gasteiger partial charge >= 0.3 is 0 Å². The lowest BCUT2D eigenvalue weighted by Gasteiger charge is -2.26. The van der Waals surface area contributed by atoms with Crippen molar-refractivity contribution in [2.24, 2.45) is 10.9 Å². The number of nitrogens with zero attached hydrogens (tertiary/aromatic N) is 5. The molecule has 41 heavy (non-hydrogen) atoms. The molecule has 3 aromatic heterocycles. The zero-order chi connectivity index (χ0) is 28.3. The van der Waals surface area contributed by atoms with Crippen LogP contribution in [0.4, 0.5) is 11.5 Å². The molecule has 5 aromatic rings. The lowest BCUT2D eigenvalue weighted by Crippen LogP contribution is -2.27. The molecule has 1 aliphatic carbocycles. The number of aliphatic imine (C=N–C) groups is 1. The minimum absolute atomic E-state index is 0.0633. The number of hydrogen-bond acceptors (Lipinski definition) is 6. The van der Waals surface area contributed by atoms with Crippen molar-refractivity contribution in [2.45, 2.75) is 31.6 Å². The number of benzene rings is 2. The van der Waals surface area contributed by atoms with E-state index in [9.17, 15) is 9.59 Å². The van der Waals surface area contributed by atoms with Crippen molar-refractivity contribution in [3.05, 3.63) is 107 Å². The van der Waals surface area contributed by atoms with Gasteiger partial charge in [0.25, 0.3) is 11.5 Å². The summed E-state index contributed by atoms with van der Waals surface area (Å²) in [5.74, 6) is 0.855. The minimum Gasteiger partial charge on any atom is -0.382 e. The van der Waals surface area contributed by atoms with Crippen LogP contribution in [0.15, 0.2) is 95.1 Å². The normalized spacial score (nSPS) is 17.2. The summed E-state index contributed by atoms with van der Waals surface area (Å²) in [5, 5.41) is 7.42. The molecular weight excluding hydrogens is 514 g/mol. The number of nitrogens with two attached hydrogens (primary N) is 1. The summed E-state index contributed by atoms with van der Waals surface area (Å²) in [7, 11) is 1.83. The quantitative estimate of drug-likeness (QED) is 0.279. The number of fused-ring (bicyclic) bond motifs is 1. The Morgan fingerprint density at radius 1 is 1.02 bits per heavy atom. The summed E-state index contributed by atoms with van der Waals surface area (Å²) in [6.45, 7) is 0. The lowest BCUT2D eigenvalue weighted by molar-refractivity contribution is 0.102. The highest BCUT2D eigenvalue weighted by molar-refractivity contribution is 6.04. The van der Waals surface area contributed by atoms with Gasteiger partial charge in [0.05, 0.1) is 0 Å². The Morgan fingerprint density at radius 3 is 2.51 bits per heavy atom. The first-order valence-electron chi connectivity index (χ1n) is 13.8. The second-order valence-corrected chi connectivity index (χ2v) is 10.4. The number of pyridine rings is 1. The number of nitrogens with one attached hydrogen (secondary N) is 1. The van der Waals surface area contributed by atoms with Gasteiger partial charge < -0.3 is 16.0 Å². The molecule has 2 aromatic carbocycles. The average molecular weight is 546 g/mol. The first-order chi connectivity index (χ1) is 20.0. The fourth-order valence-electron chi connectivity index (χ4n) is 5.77. The maximum atomic E-state index is 13.1. The Balaban J connectivity index is 1.26. The fraction of sp³-hybridized carbons (Fsp3) is 0.219. The van der Waals surface area contributed by atoms with E-state index in [2.05, 4.69) is 32.7 Å². The van der Waals surface area contributed by atoms with E-state index in [0.717, 1.165) is 48.0 Å². The van der Waals surface area contributed by atoms with Crippen LogP contribution < -0.4 is 16.6 Å². The molecule has 1 amide bonds. The number of amides is 1. The molecule has 1 aliphatic rings. The Hall–Kier alpha value is -5.05. The molecule has 0 radical (unpaired) electrons. The molecule has 1 fully saturated rings. The van der Waals surface area contributed by atoms with Crippen LogP contribution in [0.5, 0.6) is 0 Å². The van der Waals surface area contributed by atoms with Crippen LogP contribution >= 0.6 is 0 Å². The first kappa shape index (κ1) is 26.2. The summed E-state index contributed by atoms with van der Waals surface area (Å²) in [6, 6.07) is 22.1. The lowest BCUT2D eigenvalue weighted by atomic mass is 9.81. The predicted molar refractivity (Wildman–Crippen MR) is 162 cm³/mol. The molecule has 0 bridgehead atoms. The number of carbonyl (C=O) groups excluding carboxylic acids is 1. The zero-order valence-electron chi connectivity index (χ0n) is 22.8. The van der Waals surface area contributed by atoms with Gasteiger partial charge in [-0.05, 0) is 79.6 Å². The van der Waals surface area contributed by atoms with Crippen LogP contribution in [0.3, 0.4) is 0 Å². The highest BCUT2D eigenvalue weighted by atomic mass is 16.2. The van der Waals surface area contributed by atoms with Crippen LogP contribution in [0.2, 0.25) is 0 Å². The van der Waals surface area contributed by atoms with E-state index < -0.39 is 5.91 Å². The van der Waals surface area contributed by atoms with Gasteiger partial charge in [0, 0.05) is 48.0 Å². The fourth-order valence-corrected chi connectivity index (χ4v) is 5.77. The van der Waals surface area contributed by atoms with Gasteiger partial charge in [-0.15, -0.1) is 0 Å². The second-order valence-electron chi connectivity index (χ2n) is 10.4. The standard InChI is InChI=1S/C32H31N7O2/c1-34-19-21-9-11-23(12-10-21)28-18-27(29-30(33)35-20-36-39(28)29)22-13-15-24(16-14-22)37-31(40)26-8-5-17-38(32(26)41)25-6-3-2-4-7-25/h2-8,13-21,23H,9-12H2,1H3,(H,37,40)(H2,33,35,36)/b34-19+/t21-,23-. The van der Waals surface area contributed by atoms with E-state index in [1.54, 1.807) is 12.3 Å². The molecule has 0 atom stereocenters. The third-order valence-corrected chi connectivity index (χ3v) is 7.84. The van der Waals surface area contributed by atoms with Crippen molar-refractivity contribution in [3.8, 4) is 16.8 Å². The van der Waals surface area contributed by atoms with Crippen molar-refractivity contribution < 1.29 is 4.79 Å². The molecule has 0 unspecified atom stereocenters. The topological polar surface area (TPSA) is 120 Å². The van der Waals surface area contributed by atoms with E-state index in [1.807, 2.05) is 66.2 Å².